The second-order valence-electron chi connectivity index (χ2n) is 7.96. The average molecular weight is 414 g/mol. The van der Waals surface area contributed by atoms with Crippen LogP contribution in [0.5, 0.6) is 0 Å². The van der Waals surface area contributed by atoms with E-state index in [1.54, 1.807) is 6.07 Å². The van der Waals surface area contributed by atoms with Crippen molar-refractivity contribution in [3.8, 4) is 0 Å². The molecule has 3 N–H and O–H groups in total. The van der Waals surface area contributed by atoms with E-state index in [2.05, 4.69) is 29.3 Å². The van der Waals surface area contributed by atoms with Crippen LogP contribution in [-0.4, -0.2) is 28.5 Å². The lowest BCUT2D eigenvalue weighted by molar-refractivity contribution is 0.0999. The molecule has 0 saturated heterocycles. The minimum atomic E-state index is -0.406. The van der Waals surface area contributed by atoms with Crippen LogP contribution in [0.3, 0.4) is 0 Å². The highest BCUT2D eigenvalue weighted by atomic mass is 16.5. The number of carbonyl (C=O) groups excluding carboxylic acids is 1. The summed E-state index contributed by atoms with van der Waals surface area (Å²) >= 11 is 0. The fourth-order valence-corrected chi connectivity index (χ4v) is 4.37. The number of hydrogen-bond donors (Lipinski definition) is 2. The van der Waals surface area contributed by atoms with E-state index in [0.717, 1.165) is 46.7 Å². The van der Waals surface area contributed by atoms with Gasteiger partial charge in [0.1, 0.15) is 5.82 Å². The lowest BCUT2D eigenvalue weighted by Crippen LogP contribution is -2.28. The molecule has 0 saturated carbocycles. The normalized spacial score (nSPS) is 17.2. The molecule has 0 spiro atoms. The van der Waals surface area contributed by atoms with Crippen molar-refractivity contribution in [2.75, 3.05) is 16.8 Å². The maximum Gasteiger partial charge on any atom is 0.249 e. The van der Waals surface area contributed by atoms with Crippen molar-refractivity contribution in [3.05, 3.63) is 76.5 Å². The molecule has 1 aromatic heterocycles. The van der Waals surface area contributed by atoms with E-state index < -0.39 is 5.91 Å². The van der Waals surface area contributed by atoms with Crippen LogP contribution in [0.25, 0.3) is 0 Å². The smallest absolute Gasteiger partial charge is 0.249 e. The fourth-order valence-electron chi connectivity index (χ4n) is 4.37. The first-order valence-corrected chi connectivity index (χ1v) is 10.5. The maximum atomic E-state index is 11.9. The monoisotopic (exact) mass is 414 g/mol. The molecule has 1 atom stereocenters. The third-order valence-corrected chi connectivity index (χ3v) is 5.87. The Kier molecular flexibility index (Phi) is 5.03. The van der Waals surface area contributed by atoms with Crippen LogP contribution in [-0.2, 0) is 30.7 Å². The van der Waals surface area contributed by atoms with Crippen molar-refractivity contribution in [1.82, 2.24) is 9.97 Å². The summed E-state index contributed by atoms with van der Waals surface area (Å²) in [5, 5.41) is 3.47. The zero-order chi connectivity index (χ0) is 21.4. The first-order valence-electron chi connectivity index (χ1n) is 10.5. The maximum absolute atomic E-state index is 11.9. The number of rotatable bonds is 5. The van der Waals surface area contributed by atoms with Crippen LogP contribution in [0.1, 0.15) is 39.7 Å². The molecule has 2 aromatic carbocycles. The Balaban J connectivity index is 1.55. The van der Waals surface area contributed by atoms with Crippen molar-refractivity contribution in [1.29, 1.82) is 0 Å². The van der Waals surface area contributed by atoms with Gasteiger partial charge in [-0.25, -0.2) is 4.98 Å². The molecule has 7 heteroatoms. The zero-order valence-corrected chi connectivity index (χ0v) is 17.4. The fraction of sp³-hybridized carbons (Fsp3) is 0.292. The van der Waals surface area contributed by atoms with Gasteiger partial charge < -0.3 is 20.7 Å². The van der Waals surface area contributed by atoms with Crippen LogP contribution in [0, 0.1) is 6.07 Å². The number of aromatic nitrogens is 2. The number of ether oxygens (including phenoxy) is 1. The first-order chi connectivity index (χ1) is 15.1. The van der Waals surface area contributed by atoms with E-state index in [0.29, 0.717) is 31.3 Å². The molecule has 5 rings (SSSR count). The van der Waals surface area contributed by atoms with Gasteiger partial charge in [0.25, 0.3) is 0 Å². The van der Waals surface area contributed by atoms with Gasteiger partial charge in [-0.3, -0.25) is 4.79 Å². The van der Waals surface area contributed by atoms with Crippen LogP contribution < -0.4 is 16.0 Å². The third-order valence-electron chi connectivity index (χ3n) is 5.87. The van der Waals surface area contributed by atoms with Gasteiger partial charge in [-0.2, -0.15) is 4.98 Å². The van der Waals surface area contributed by atoms with Gasteiger partial charge in [0, 0.05) is 35.8 Å². The topological polar surface area (TPSA) is 93.4 Å². The molecule has 2 aliphatic rings. The molecule has 3 aromatic rings. The van der Waals surface area contributed by atoms with E-state index in [9.17, 15) is 4.79 Å². The number of nitrogens with zero attached hydrogens (tertiary/aromatic N) is 3. The quantitative estimate of drug-likeness (QED) is 0.666. The van der Waals surface area contributed by atoms with Crippen LogP contribution in [0.4, 0.5) is 17.5 Å². The summed E-state index contributed by atoms with van der Waals surface area (Å²) in [5.74, 6) is 1.02. The van der Waals surface area contributed by atoms with E-state index in [1.807, 2.05) is 30.3 Å². The number of amides is 1. The number of anilines is 3. The summed E-state index contributed by atoms with van der Waals surface area (Å²) in [5.41, 5.74) is 11.2. The molecule has 157 valence electrons. The third kappa shape index (κ3) is 3.61. The van der Waals surface area contributed by atoms with Gasteiger partial charge in [0.15, 0.2) is 0 Å². The van der Waals surface area contributed by atoms with E-state index in [4.69, 9.17) is 20.4 Å². The van der Waals surface area contributed by atoms with Crippen LogP contribution in [0.15, 0.2) is 42.5 Å². The minimum Gasteiger partial charge on any atom is -0.376 e. The lowest BCUT2D eigenvalue weighted by Gasteiger charge is -2.26. The van der Waals surface area contributed by atoms with Crippen molar-refractivity contribution in [2.45, 2.75) is 39.0 Å². The second kappa shape index (κ2) is 8.00. The number of nitrogens with one attached hydrogen (secondary N) is 1. The van der Waals surface area contributed by atoms with Gasteiger partial charge in [-0.05, 0) is 48.7 Å². The molecule has 1 amide bonds. The number of benzene rings is 2. The molecule has 0 fully saturated rings. The first kappa shape index (κ1) is 19.5. The number of carbonyl (C=O) groups is 1. The molecule has 1 radical (unpaired) electrons. The number of fused-ring (bicyclic) bond motifs is 2. The lowest BCUT2D eigenvalue weighted by atomic mass is 10.0. The predicted octanol–water partition coefficient (Wildman–Crippen LogP) is 3.14. The van der Waals surface area contributed by atoms with Crippen LogP contribution in [0.2, 0.25) is 0 Å². The van der Waals surface area contributed by atoms with E-state index in [-0.39, 0.29) is 6.04 Å². The number of primary amides is 1. The molecule has 0 aliphatic carbocycles. The van der Waals surface area contributed by atoms with Crippen molar-refractivity contribution >= 4 is 23.4 Å². The Morgan fingerprint density at radius 3 is 3.00 bits per heavy atom. The van der Waals surface area contributed by atoms with Crippen molar-refractivity contribution in [3.63, 3.8) is 0 Å². The summed E-state index contributed by atoms with van der Waals surface area (Å²) in [6.07, 6.45) is 1.47. The molecule has 0 bridgehead atoms. The summed E-state index contributed by atoms with van der Waals surface area (Å²) in [6.45, 7) is 3.90. The molecule has 1 unspecified atom stereocenters. The Hall–Kier alpha value is -3.45. The predicted molar refractivity (Wildman–Crippen MR) is 118 cm³/mol. The van der Waals surface area contributed by atoms with Crippen LogP contribution >= 0.6 is 0 Å². The van der Waals surface area contributed by atoms with Crippen molar-refractivity contribution in [2.24, 2.45) is 5.73 Å². The molecular formula is C24H24N5O2. The molecule has 2 aliphatic heterocycles. The van der Waals surface area contributed by atoms with Gasteiger partial charge in [0.05, 0.1) is 18.9 Å². The highest BCUT2D eigenvalue weighted by Gasteiger charge is 2.33. The zero-order valence-electron chi connectivity index (χ0n) is 17.4. The van der Waals surface area contributed by atoms with Crippen molar-refractivity contribution < 1.29 is 9.53 Å². The minimum absolute atomic E-state index is 0.116. The SMILES string of the molecule is CC1Cc2c(C(N)=O)cccc2N1c1nc2c(c(NCc3c[c]ccc3)n1)COCC2. The molecule has 7 nitrogen and oxygen atoms in total. The summed E-state index contributed by atoms with van der Waals surface area (Å²) < 4.78 is 5.68. The van der Waals surface area contributed by atoms with Gasteiger partial charge >= 0.3 is 0 Å². The average Bonchev–Trinajstić information content (AvgIpc) is 3.13. The second-order valence-corrected chi connectivity index (χ2v) is 7.96. The van der Waals surface area contributed by atoms with E-state index >= 15 is 0 Å². The summed E-state index contributed by atoms with van der Waals surface area (Å²) in [4.78, 5) is 23.8. The summed E-state index contributed by atoms with van der Waals surface area (Å²) in [6, 6.07) is 16.7. The molecule has 3 heterocycles. The van der Waals surface area contributed by atoms with Gasteiger partial charge in [0.2, 0.25) is 11.9 Å². The van der Waals surface area contributed by atoms with E-state index in [1.165, 1.54) is 0 Å². The standard InChI is InChI=1S/C24H24N5O2/c1-15-12-18-17(22(25)30)8-5-9-21(18)29(15)24-27-20-10-11-31-14-19(20)23(28-24)26-13-16-6-3-2-4-7-16/h2-3,5-9,15H,10-14H2,1H3,(H2,25,30)(H,26,27,28). The number of hydrogen-bond acceptors (Lipinski definition) is 6. The Bertz CT molecular complexity index is 1130. The largest absolute Gasteiger partial charge is 0.376 e. The Labute approximate surface area is 181 Å². The highest BCUT2D eigenvalue weighted by molar-refractivity contribution is 5.97. The Morgan fingerprint density at radius 1 is 1.29 bits per heavy atom. The van der Waals surface area contributed by atoms with Gasteiger partial charge in [-0.15, -0.1) is 0 Å². The molecule has 31 heavy (non-hydrogen) atoms. The van der Waals surface area contributed by atoms with Gasteiger partial charge in [-0.1, -0.05) is 24.3 Å². The Morgan fingerprint density at radius 2 is 2.19 bits per heavy atom. The number of nitrogens with two attached hydrogens (primary N) is 1. The molecular weight excluding hydrogens is 390 g/mol. The highest BCUT2D eigenvalue weighted by Crippen LogP contribution is 2.39. The summed E-state index contributed by atoms with van der Waals surface area (Å²) in [7, 11) is 0.